The minimum atomic E-state index is 0.207. The summed E-state index contributed by atoms with van der Waals surface area (Å²) in [5.74, 6) is 0. The highest BCUT2D eigenvalue weighted by molar-refractivity contribution is 9.10. The highest BCUT2D eigenvalue weighted by atomic mass is 79.9. The Morgan fingerprint density at radius 2 is 2.60 bits per heavy atom. The fourth-order valence-electron chi connectivity index (χ4n) is 0.658. The number of aromatic nitrogens is 1. The Morgan fingerprint density at radius 3 is 3.00 bits per heavy atom. The van der Waals surface area contributed by atoms with Gasteiger partial charge in [0, 0.05) is 17.8 Å². The van der Waals surface area contributed by atoms with Crippen LogP contribution in [0.3, 0.4) is 0 Å². The van der Waals surface area contributed by atoms with Crippen LogP contribution in [0, 0.1) is 0 Å². The molecule has 0 amide bonds. The molecular formula is C6H9BrN2S. The van der Waals surface area contributed by atoms with E-state index in [9.17, 15) is 0 Å². The first-order valence-electron chi connectivity index (χ1n) is 3.04. The molecule has 2 N–H and O–H groups in total. The highest BCUT2D eigenvalue weighted by Crippen LogP contribution is 2.15. The third-order valence-corrected chi connectivity index (χ3v) is 2.60. The number of hydrogen-bond donors (Lipinski definition) is 1. The normalized spacial score (nSPS) is 13.5. The Bertz CT molecular complexity index is 209. The topological polar surface area (TPSA) is 38.9 Å². The summed E-state index contributed by atoms with van der Waals surface area (Å²) in [5.41, 5.74) is 5.59. The number of halogens is 1. The summed E-state index contributed by atoms with van der Waals surface area (Å²) in [6.07, 6.45) is 0.871. The summed E-state index contributed by atoms with van der Waals surface area (Å²) in [6.45, 7) is 1.98. The lowest BCUT2D eigenvalue weighted by molar-refractivity contribution is 0.733. The molecular weight excluding hydrogens is 212 g/mol. The van der Waals surface area contributed by atoms with Gasteiger partial charge >= 0.3 is 0 Å². The van der Waals surface area contributed by atoms with Crippen molar-refractivity contribution in [1.82, 2.24) is 4.98 Å². The molecule has 1 heterocycles. The van der Waals surface area contributed by atoms with Crippen molar-refractivity contribution in [2.24, 2.45) is 5.73 Å². The molecule has 0 aliphatic rings. The lowest BCUT2D eigenvalue weighted by atomic mass is 10.3. The van der Waals surface area contributed by atoms with Crippen LogP contribution in [0.1, 0.15) is 11.9 Å². The molecule has 2 nitrogen and oxygen atoms in total. The van der Waals surface area contributed by atoms with Crippen LogP contribution in [-0.2, 0) is 6.42 Å². The van der Waals surface area contributed by atoms with E-state index in [1.54, 1.807) is 11.3 Å². The Kier molecular flexibility index (Phi) is 2.82. The standard InChI is InChI=1S/C6H9BrN2S/c1-4(8)2-6-9-5(7)3-10-6/h3-4H,2,8H2,1H3. The highest BCUT2D eigenvalue weighted by Gasteiger charge is 2.01. The fourth-order valence-corrected chi connectivity index (χ4v) is 2.07. The van der Waals surface area contributed by atoms with Gasteiger partial charge in [0.05, 0.1) is 5.01 Å². The van der Waals surface area contributed by atoms with Gasteiger partial charge < -0.3 is 5.73 Å². The summed E-state index contributed by atoms with van der Waals surface area (Å²) < 4.78 is 0.910. The van der Waals surface area contributed by atoms with Crippen LogP contribution < -0.4 is 5.73 Å². The van der Waals surface area contributed by atoms with Crippen molar-refractivity contribution in [3.8, 4) is 0 Å². The zero-order chi connectivity index (χ0) is 7.56. The zero-order valence-corrected chi connectivity index (χ0v) is 8.08. The van der Waals surface area contributed by atoms with E-state index in [0.29, 0.717) is 0 Å². The Balaban J connectivity index is 2.58. The largest absolute Gasteiger partial charge is 0.328 e. The third kappa shape index (κ3) is 2.36. The fraction of sp³-hybridized carbons (Fsp3) is 0.500. The smallest absolute Gasteiger partial charge is 0.117 e. The van der Waals surface area contributed by atoms with Gasteiger partial charge in [0.15, 0.2) is 0 Å². The Hall–Kier alpha value is 0.0700. The molecule has 0 spiro atoms. The van der Waals surface area contributed by atoms with Crippen molar-refractivity contribution in [3.05, 3.63) is 15.0 Å². The molecule has 0 aliphatic carbocycles. The molecule has 0 fully saturated rings. The quantitative estimate of drug-likeness (QED) is 0.826. The summed E-state index contributed by atoms with van der Waals surface area (Å²) in [4.78, 5) is 4.21. The van der Waals surface area contributed by atoms with Gasteiger partial charge in [-0.3, -0.25) is 0 Å². The number of nitrogens with zero attached hydrogens (tertiary/aromatic N) is 1. The van der Waals surface area contributed by atoms with Crippen molar-refractivity contribution in [1.29, 1.82) is 0 Å². The van der Waals surface area contributed by atoms with Gasteiger partial charge in [-0.1, -0.05) is 0 Å². The minimum absolute atomic E-state index is 0.207. The SMILES string of the molecule is CC(N)Cc1nc(Br)cs1. The molecule has 0 radical (unpaired) electrons. The maximum absolute atomic E-state index is 5.59. The first kappa shape index (κ1) is 8.17. The van der Waals surface area contributed by atoms with E-state index in [1.165, 1.54) is 0 Å². The van der Waals surface area contributed by atoms with Crippen molar-refractivity contribution in [2.45, 2.75) is 19.4 Å². The number of hydrogen-bond acceptors (Lipinski definition) is 3. The van der Waals surface area contributed by atoms with E-state index < -0.39 is 0 Å². The minimum Gasteiger partial charge on any atom is -0.328 e. The average molecular weight is 221 g/mol. The number of rotatable bonds is 2. The molecule has 1 aromatic rings. The maximum atomic E-state index is 5.59. The van der Waals surface area contributed by atoms with Gasteiger partial charge in [-0.05, 0) is 22.9 Å². The second kappa shape index (κ2) is 3.46. The number of nitrogens with two attached hydrogens (primary N) is 1. The van der Waals surface area contributed by atoms with E-state index in [4.69, 9.17) is 5.73 Å². The first-order valence-corrected chi connectivity index (χ1v) is 4.71. The second-order valence-corrected chi connectivity index (χ2v) is 4.00. The van der Waals surface area contributed by atoms with Crippen LogP contribution in [0.4, 0.5) is 0 Å². The maximum Gasteiger partial charge on any atom is 0.117 e. The van der Waals surface area contributed by atoms with Gasteiger partial charge in [0.25, 0.3) is 0 Å². The zero-order valence-electron chi connectivity index (χ0n) is 5.67. The predicted octanol–water partition coefficient (Wildman–Crippen LogP) is 1.80. The van der Waals surface area contributed by atoms with Crippen LogP contribution >= 0.6 is 27.3 Å². The average Bonchev–Trinajstić information content (AvgIpc) is 2.13. The van der Waals surface area contributed by atoms with Gasteiger partial charge in [-0.2, -0.15) is 0 Å². The first-order chi connectivity index (χ1) is 4.68. The van der Waals surface area contributed by atoms with E-state index in [1.807, 2.05) is 12.3 Å². The summed E-state index contributed by atoms with van der Waals surface area (Å²) in [7, 11) is 0. The van der Waals surface area contributed by atoms with Crippen LogP contribution in [0.25, 0.3) is 0 Å². The number of thiazole rings is 1. The summed E-state index contributed by atoms with van der Waals surface area (Å²) >= 11 is 4.92. The second-order valence-electron chi connectivity index (χ2n) is 2.25. The molecule has 1 unspecified atom stereocenters. The lowest BCUT2D eigenvalue weighted by Gasteiger charge is -1.98. The van der Waals surface area contributed by atoms with Crippen molar-refractivity contribution in [2.75, 3.05) is 0 Å². The third-order valence-electron chi connectivity index (χ3n) is 1.02. The molecule has 0 saturated carbocycles. The van der Waals surface area contributed by atoms with Gasteiger partial charge in [-0.25, -0.2) is 4.98 Å². The van der Waals surface area contributed by atoms with Crippen LogP contribution in [0.5, 0.6) is 0 Å². The van der Waals surface area contributed by atoms with Gasteiger partial charge in [0.1, 0.15) is 4.60 Å². The molecule has 0 saturated heterocycles. The summed E-state index contributed by atoms with van der Waals surface area (Å²) in [6, 6.07) is 0.207. The van der Waals surface area contributed by atoms with E-state index in [0.717, 1.165) is 16.0 Å². The summed E-state index contributed by atoms with van der Waals surface area (Å²) in [5, 5.41) is 3.07. The molecule has 0 aliphatic heterocycles. The lowest BCUT2D eigenvalue weighted by Crippen LogP contribution is -2.17. The predicted molar refractivity (Wildman–Crippen MR) is 47.2 cm³/mol. The van der Waals surface area contributed by atoms with Crippen molar-refractivity contribution < 1.29 is 0 Å². The van der Waals surface area contributed by atoms with Crippen LogP contribution in [0.2, 0.25) is 0 Å². The Labute approximate surface area is 72.6 Å². The molecule has 56 valence electrons. The molecule has 0 aromatic carbocycles. The van der Waals surface area contributed by atoms with Crippen LogP contribution in [-0.4, -0.2) is 11.0 Å². The van der Waals surface area contributed by atoms with E-state index in [-0.39, 0.29) is 6.04 Å². The molecule has 10 heavy (non-hydrogen) atoms. The van der Waals surface area contributed by atoms with Crippen molar-refractivity contribution >= 4 is 27.3 Å². The van der Waals surface area contributed by atoms with Gasteiger partial charge in [-0.15, -0.1) is 11.3 Å². The molecule has 1 rings (SSSR count). The Morgan fingerprint density at radius 1 is 1.90 bits per heavy atom. The van der Waals surface area contributed by atoms with E-state index >= 15 is 0 Å². The van der Waals surface area contributed by atoms with Gasteiger partial charge in [0.2, 0.25) is 0 Å². The molecule has 4 heteroatoms. The van der Waals surface area contributed by atoms with Crippen molar-refractivity contribution in [3.63, 3.8) is 0 Å². The van der Waals surface area contributed by atoms with E-state index in [2.05, 4.69) is 20.9 Å². The molecule has 1 atom stereocenters. The molecule has 1 aromatic heterocycles. The van der Waals surface area contributed by atoms with Crippen LogP contribution in [0.15, 0.2) is 9.98 Å². The monoisotopic (exact) mass is 220 g/mol. The molecule has 0 bridgehead atoms.